The van der Waals surface area contributed by atoms with Gasteiger partial charge in [-0.2, -0.15) is 0 Å². The van der Waals surface area contributed by atoms with Crippen LogP contribution in [-0.2, 0) is 9.53 Å². The Labute approximate surface area is 85.3 Å². The molecule has 0 bridgehead atoms. The lowest BCUT2D eigenvalue weighted by Gasteiger charge is -2.15. The molecule has 0 atom stereocenters. The van der Waals surface area contributed by atoms with Gasteiger partial charge in [-0.15, -0.1) is 0 Å². The van der Waals surface area contributed by atoms with Crippen molar-refractivity contribution < 1.29 is 9.53 Å². The van der Waals surface area contributed by atoms with Crippen molar-refractivity contribution in [2.24, 2.45) is 5.92 Å². The molecule has 0 heterocycles. The average Bonchev–Trinajstić information content (AvgIpc) is 2.25. The minimum Gasteiger partial charge on any atom is -0.449 e. The van der Waals surface area contributed by atoms with Crippen molar-refractivity contribution in [1.82, 2.24) is 0 Å². The van der Waals surface area contributed by atoms with Gasteiger partial charge in [-0.05, 0) is 12.8 Å². The largest absolute Gasteiger partial charge is 0.449 e. The normalized spacial score (nSPS) is 16.6. The lowest BCUT2D eigenvalue weighted by atomic mass is 9.90. The third kappa shape index (κ3) is 4.13. The molecule has 2 heteroatoms. The van der Waals surface area contributed by atoms with E-state index in [0.29, 0.717) is 5.92 Å². The van der Waals surface area contributed by atoms with E-state index in [4.69, 9.17) is 4.74 Å². The quantitative estimate of drug-likeness (QED) is 0.381. The van der Waals surface area contributed by atoms with Gasteiger partial charge in [0.05, 0.1) is 0 Å². The zero-order chi connectivity index (χ0) is 10.2. The minimum atomic E-state index is -0.400. The van der Waals surface area contributed by atoms with Crippen LogP contribution >= 0.6 is 0 Å². The molecule has 76 valence electrons. The van der Waals surface area contributed by atoms with Gasteiger partial charge in [0.25, 0.3) is 0 Å². The summed E-state index contributed by atoms with van der Waals surface area (Å²) in [7, 11) is 0. The fourth-order valence-electron chi connectivity index (χ4n) is 1.60. The van der Waals surface area contributed by atoms with E-state index in [0.717, 1.165) is 6.08 Å². The number of carbonyl (C=O) groups excluding carboxylic acids is 1. The molecule has 14 heavy (non-hydrogen) atoms. The third-order valence-corrected chi connectivity index (χ3v) is 2.36. The molecule has 0 aromatic carbocycles. The summed E-state index contributed by atoms with van der Waals surface area (Å²) >= 11 is 0. The first kappa shape index (κ1) is 10.8. The second-order valence-electron chi connectivity index (χ2n) is 3.47. The molecule has 1 aliphatic carbocycles. The van der Waals surface area contributed by atoms with Crippen molar-refractivity contribution in [3.8, 4) is 11.8 Å². The van der Waals surface area contributed by atoms with Crippen molar-refractivity contribution in [2.45, 2.75) is 32.1 Å². The van der Waals surface area contributed by atoms with Crippen LogP contribution in [0.5, 0.6) is 0 Å². The van der Waals surface area contributed by atoms with Crippen LogP contribution in [-0.4, -0.2) is 12.6 Å². The van der Waals surface area contributed by atoms with Gasteiger partial charge in [-0.25, -0.2) is 4.79 Å². The summed E-state index contributed by atoms with van der Waals surface area (Å²) in [6.45, 7) is 3.50. The van der Waals surface area contributed by atoms with Crippen molar-refractivity contribution in [3.05, 3.63) is 12.7 Å². The molecule has 0 unspecified atom stereocenters. The Morgan fingerprint density at radius 1 is 1.43 bits per heavy atom. The van der Waals surface area contributed by atoms with E-state index in [2.05, 4.69) is 18.4 Å². The van der Waals surface area contributed by atoms with Crippen molar-refractivity contribution in [1.29, 1.82) is 0 Å². The SMILES string of the molecule is C=CC(=O)OCC#CC1CCCCC1. The molecule has 0 N–H and O–H groups in total. The number of ether oxygens (including phenoxy) is 1. The first-order chi connectivity index (χ1) is 6.83. The van der Waals surface area contributed by atoms with Crippen molar-refractivity contribution >= 4 is 5.97 Å². The van der Waals surface area contributed by atoms with Crippen LogP contribution in [0.15, 0.2) is 12.7 Å². The maximum absolute atomic E-state index is 10.7. The van der Waals surface area contributed by atoms with Gasteiger partial charge in [0, 0.05) is 12.0 Å². The van der Waals surface area contributed by atoms with E-state index in [1.54, 1.807) is 0 Å². The Balaban J connectivity index is 2.18. The summed E-state index contributed by atoms with van der Waals surface area (Å²) in [5, 5.41) is 0. The zero-order valence-corrected chi connectivity index (χ0v) is 8.42. The molecule has 1 fully saturated rings. The highest BCUT2D eigenvalue weighted by atomic mass is 16.5. The lowest BCUT2D eigenvalue weighted by Crippen LogP contribution is -2.04. The van der Waals surface area contributed by atoms with E-state index in [-0.39, 0.29) is 6.61 Å². The Hall–Kier alpha value is -1.23. The molecule has 0 saturated heterocycles. The number of hydrogen-bond donors (Lipinski definition) is 0. The summed E-state index contributed by atoms with van der Waals surface area (Å²) in [5.74, 6) is 6.14. The molecular formula is C12H16O2. The summed E-state index contributed by atoms with van der Waals surface area (Å²) < 4.78 is 4.75. The Morgan fingerprint density at radius 2 is 2.14 bits per heavy atom. The molecule has 1 saturated carbocycles. The molecule has 0 radical (unpaired) electrons. The number of carbonyl (C=O) groups is 1. The first-order valence-electron chi connectivity index (χ1n) is 5.10. The van der Waals surface area contributed by atoms with Gasteiger partial charge in [-0.3, -0.25) is 0 Å². The smallest absolute Gasteiger partial charge is 0.331 e. The van der Waals surface area contributed by atoms with E-state index in [9.17, 15) is 4.79 Å². The average molecular weight is 192 g/mol. The Kier molecular flexibility index (Phi) is 4.85. The Morgan fingerprint density at radius 3 is 2.79 bits per heavy atom. The van der Waals surface area contributed by atoms with Gasteiger partial charge in [0.15, 0.2) is 6.61 Å². The summed E-state index contributed by atoms with van der Waals surface area (Å²) in [6.07, 6.45) is 7.45. The van der Waals surface area contributed by atoms with Crippen LogP contribution in [0.4, 0.5) is 0 Å². The lowest BCUT2D eigenvalue weighted by molar-refractivity contribution is -0.136. The maximum Gasteiger partial charge on any atom is 0.331 e. The topological polar surface area (TPSA) is 26.3 Å². The summed E-state index contributed by atoms with van der Waals surface area (Å²) in [4.78, 5) is 10.7. The Bertz CT molecular complexity index is 251. The second-order valence-corrected chi connectivity index (χ2v) is 3.47. The zero-order valence-electron chi connectivity index (χ0n) is 8.42. The van der Waals surface area contributed by atoms with Gasteiger partial charge in [-0.1, -0.05) is 37.7 Å². The monoisotopic (exact) mass is 192 g/mol. The molecule has 1 aliphatic rings. The van der Waals surface area contributed by atoms with Crippen LogP contribution in [0, 0.1) is 17.8 Å². The molecule has 2 nitrogen and oxygen atoms in total. The van der Waals surface area contributed by atoms with Crippen LogP contribution < -0.4 is 0 Å². The van der Waals surface area contributed by atoms with E-state index in [1.807, 2.05) is 0 Å². The van der Waals surface area contributed by atoms with Gasteiger partial charge in [0.1, 0.15) is 0 Å². The molecule has 0 amide bonds. The molecule has 1 rings (SSSR count). The predicted molar refractivity (Wildman–Crippen MR) is 55.5 cm³/mol. The van der Waals surface area contributed by atoms with Gasteiger partial charge < -0.3 is 4.74 Å². The fraction of sp³-hybridized carbons (Fsp3) is 0.583. The highest BCUT2D eigenvalue weighted by Crippen LogP contribution is 2.22. The molecule has 0 aromatic rings. The number of esters is 1. The van der Waals surface area contributed by atoms with E-state index < -0.39 is 5.97 Å². The predicted octanol–water partition coefficient (Wildman–Crippen LogP) is 2.30. The van der Waals surface area contributed by atoms with Crippen LogP contribution in [0.2, 0.25) is 0 Å². The first-order valence-corrected chi connectivity index (χ1v) is 5.10. The van der Waals surface area contributed by atoms with E-state index >= 15 is 0 Å². The molecular weight excluding hydrogens is 176 g/mol. The highest BCUT2D eigenvalue weighted by Gasteiger charge is 2.09. The van der Waals surface area contributed by atoms with Crippen LogP contribution in [0.1, 0.15) is 32.1 Å². The third-order valence-electron chi connectivity index (χ3n) is 2.36. The van der Waals surface area contributed by atoms with Crippen LogP contribution in [0.3, 0.4) is 0 Å². The standard InChI is InChI=1S/C12H16O2/c1-2-12(13)14-10-6-9-11-7-4-3-5-8-11/h2,11H,1,3-5,7-8,10H2. The summed E-state index contributed by atoms with van der Waals surface area (Å²) in [5.41, 5.74) is 0. The second kappa shape index (κ2) is 6.26. The van der Waals surface area contributed by atoms with Gasteiger partial charge in [0.2, 0.25) is 0 Å². The minimum absolute atomic E-state index is 0.196. The molecule has 0 aromatic heterocycles. The molecule has 0 aliphatic heterocycles. The van der Waals surface area contributed by atoms with Crippen molar-refractivity contribution in [2.75, 3.05) is 6.61 Å². The number of hydrogen-bond acceptors (Lipinski definition) is 2. The maximum atomic E-state index is 10.7. The molecule has 0 spiro atoms. The number of rotatable bonds is 2. The van der Waals surface area contributed by atoms with Gasteiger partial charge >= 0.3 is 5.97 Å². The fourth-order valence-corrected chi connectivity index (χ4v) is 1.60. The van der Waals surface area contributed by atoms with E-state index in [1.165, 1.54) is 32.1 Å². The van der Waals surface area contributed by atoms with Crippen LogP contribution in [0.25, 0.3) is 0 Å². The summed E-state index contributed by atoms with van der Waals surface area (Å²) in [6, 6.07) is 0. The van der Waals surface area contributed by atoms with Crippen molar-refractivity contribution in [3.63, 3.8) is 0 Å². The highest BCUT2D eigenvalue weighted by molar-refractivity contribution is 5.81.